The van der Waals surface area contributed by atoms with Crippen molar-refractivity contribution in [1.29, 1.82) is 0 Å². The highest BCUT2D eigenvalue weighted by molar-refractivity contribution is 6.33. The van der Waals surface area contributed by atoms with Gasteiger partial charge < -0.3 is 19.7 Å². The molecule has 7 heteroatoms. The highest BCUT2D eigenvalue weighted by Gasteiger charge is 2.32. The summed E-state index contributed by atoms with van der Waals surface area (Å²) in [6.45, 7) is 1.23. The van der Waals surface area contributed by atoms with Crippen LogP contribution in [-0.2, 0) is 17.9 Å². The zero-order valence-corrected chi connectivity index (χ0v) is 20.5. The van der Waals surface area contributed by atoms with E-state index in [2.05, 4.69) is 5.32 Å². The quantitative estimate of drug-likeness (QED) is 0.467. The largest absolute Gasteiger partial charge is 0.493 e. The number of hydrogen-bond donors (Lipinski definition) is 1. The number of benzene rings is 3. The summed E-state index contributed by atoms with van der Waals surface area (Å²) >= 11 is 6.35. The summed E-state index contributed by atoms with van der Waals surface area (Å²) in [7, 11) is 1.59. The van der Waals surface area contributed by atoms with E-state index >= 15 is 0 Å². The second-order valence-electron chi connectivity index (χ2n) is 8.47. The Hall–Kier alpha value is -3.51. The average molecular weight is 493 g/mol. The number of carbonyl (C=O) groups excluding carboxylic acids is 2. The molecule has 2 amide bonds. The number of nitrogens with zero attached hydrogens (tertiary/aromatic N) is 1. The van der Waals surface area contributed by atoms with Gasteiger partial charge in [-0.05, 0) is 54.7 Å². The molecule has 1 aliphatic heterocycles. The zero-order valence-electron chi connectivity index (χ0n) is 19.7. The summed E-state index contributed by atoms with van der Waals surface area (Å²) in [6, 6.07) is 21.8. The van der Waals surface area contributed by atoms with Crippen molar-refractivity contribution in [2.45, 2.75) is 38.5 Å². The van der Waals surface area contributed by atoms with Crippen LogP contribution in [0.25, 0.3) is 0 Å². The zero-order chi connectivity index (χ0) is 24.6. The van der Waals surface area contributed by atoms with Gasteiger partial charge in [0.2, 0.25) is 5.91 Å². The summed E-state index contributed by atoms with van der Waals surface area (Å²) in [5.41, 5.74) is 2.23. The van der Waals surface area contributed by atoms with Gasteiger partial charge in [-0.3, -0.25) is 9.59 Å². The number of carbonyl (C=O) groups is 2. The maximum atomic E-state index is 13.7. The van der Waals surface area contributed by atoms with Crippen LogP contribution < -0.4 is 14.8 Å². The molecule has 35 heavy (non-hydrogen) atoms. The molecule has 0 saturated carbocycles. The molecule has 6 nitrogen and oxygen atoms in total. The molecule has 0 bridgehead atoms. The van der Waals surface area contributed by atoms with Crippen molar-refractivity contribution in [2.75, 3.05) is 13.7 Å². The molecule has 182 valence electrons. The average Bonchev–Trinajstić information content (AvgIpc) is 3.10. The van der Waals surface area contributed by atoms with E-state index in [-0.39, 0.29) is 18.4 Å². The molecule has 0 radical (unpaired) electrons. The molecule has 0 aromatic heterocycles. The van der Waals surface area contributed by atoms with Gasteiger partial charge in [0.25, 0.3) is 5.91 Å². The van der Waals surface area contributed by atoms with Crippen molar-refractivity contribution in [2.24, 2.45) is 0 Å². The summed E-state index contributed by atoms with van der Waals surface area (Å²) < 4.78 is 11.5. The fourth-order valence-electron chi connectivity index (χ4n) is 4.20. The molecule has 4 rings (SSSR count). The summed E-state index contributed by atoms with van der Waals surface area (Å²) in [4.78, 5) is 28.2. The third kappa shape index (κ3) is 6.14. The van der Waals surface area contributed by atoms with Crippen LogP contribution in [-0.4, -0.2) is 36.4 Å². The molecule has 0 aliphatic carbocycles. The van der Waals surface area contributed by atoms with Crippen molar-refractivity contribution < 1.29 is 19.1 Å². The van der Waals surface area contributed by atoms with Crippen LogP contribution in [0.5, 0.6) is 11.5 Å². The van der Waals surface area contributed by atoms with Crippen LogP contribution in [0.15, 0.2) is 72.8 Å². The monoisotopic (exact) mass is 492 g/mol. The molecule has 3 aromatic carbocycles. The molecular weight excluding hydrogens is 464 g/mol. The fraction of sp³-hybridized carbons (Fsp3) is 0.286. The first-order valence-corrected chi connectivity index (χ1v) is 12.1. The van der Waals surface area contributed by atoms with Gasteiger partial charge in [0, 0.05) is 13.1 Å². The number of methoxy groups -OCH3 is 1. The van der Waals surface area contributed by atoms with E-state index in [1.54, 1.807) is 36.3 Å². The van der Waals surface area contributed by atoms with Crippen LogP contribution in [0.1, 0.15) is 40.7 Å². The van der Waals surface area contributed by atoms with Gasteiger partial charge in [-0.1, -0.05) is 60.1 Å². The fourth-order valence-corrected chi connectivity index (χ4v) is 4.41. The summed E-state index contributed by atoms with van der Waals surface area (Å²) in [6.07, 6.45) is 2.33. The van der Waals surface area contributed by atoms with Gasteiger partial charge in [-0.2, -0.15) is 0 Å². The molecule has 0 spiro atoms. The van der Waals surface area contributed by atoms with Crippen molar-refractivity contribution in [1.82, 2.24) is 10.2 Å². The van der Waals surface area contributed by atoms with E-state index < -0.39 is 6.04 Å². The Balaban J connectivity index is 1.63. The van der Waals surface area contributed by atoms with E-state index in [0.29, 0.717) is 41.7 Å². The Bertz CT molecular complexity index is 1170. The number of amides is 2. The Morgan fingerprint density at radius 2 is 1.77 bits per heavy atom. The number of rotatable bonds is 8. The predicted octanol–water partition coefficient (Wildman–Crippen LogP) is 5.24. The third-order valence-corrected chi connectivity index (χ3v) is 6.40. The lowest BCUT2D eigenvalue weighted by Crippen LogP contribution is -2.48. The highest BCUT2D eigenvalue weighted by atomic mass is 35.5. The van der Waals surface area contributed by atoms with Gasteiger partial charge in [0.15, 0.2) is 11.5 Å². The van der Waals surface area contributed by atoms with Gasteiger partial charge in [0.05, 0.1) is 17.7 Å². The van der Waals surface area contributed by atoms with Crippen LogP contribution in [0, 0.1) is 0 Å². The smallest absolute Gasteiger partial charge is 0.256 e. The van der Waals surface area contributed by atoms with E-state index in [1.807, 2.05) is 48.5 Å². The Morgan fingerprint density at radius 3 is 2.54 bits per heavy atom. The summed E-state index contributed by atoms with van der Waals surface area (Å²) in [5.74, 6) is 0.752. The molecule has 3 aromatic rings. The second kappa shape index (κ2) is 11.8. The standard InChI is InChI=1S/C28H29ClN2O4/c1-34-25-15-14-21(17-26(25)35-19-20-9-3-2-4-10-20)18-31(24-13-7-8-16-30-27(24)32)28(33)22-11-5-6-12-23(22)29/h2-6,9-12,14-15,17,24H,7-8,13,16,18-19H2,1H3,(H,30,32). The minimum atomic E-state index is -0.586. The van der Waals surface area contributed by atoms with Gasteiger partial charge >= 0.3 is 0 Å². The lowest BCUT2D eigenvalue weighted by molar-refractivity contribution is -0.125. The van der Waals surface area contributed by atoms with Crippen molar-refractivity contribution >= 4 is 23.4 Å². The minimum absolute atomic E-state index is 0.142. The SMILES string of the molecule is COc1ccc(CN(C(=O)c2ccccc2Cl)C2CCCCNC2=O)cc1OCc1ccccc1. The van der Waals surface area contributed by atoms with Gasteiger partial charge in [0.1, 0.15) is 12.6 Å². The third-order valence-electron chi connectivity index (χ3n) is 6.07. The van der Waals surface area contributed by atoms with Crippen LogP contribution in [0.3, 0.4) is 0 Å². The normalized spacial score (nSPS) is 15.6. The van der Waals surface area contributed by atoms with Crippen LogP contribution >= 0.6 is 11.6 Å². The Labute approximate surface area is 210 Å². The molecule has 1 saturated heterocycles. The van der Waals surface area contributed by atoms with Gasteiger partial charge in [-0.25, -0.2) is 0 Å². The number of hydrogen-bond acceptors (Lipinski definition) is 4. The van der Waals surface area contributed by atoms with E-state index in [1.165, 1.54) is 0 Å². The molecule has 1 atom stereocenters. The Morgan fingerprint density at radius 1 is 1.00 bits per heavy atom. The second-order valence-corrected chi connectivity index (χ2v) is 8.88. The van der Waals surface area contributed by atoms with E-state index in [9.17, 15) is 9.59 Å². The van der Waals surface area contributed by atoms with Gasteiger partial charge in [-0.15, -0.1) is 0 Å². The predicted molar refractivity (Wildman–Crippen MR) is 136 cm³/mol. The molecule has 1 N–H and O–H groups in total. The first-order chi connectivity index (χ1) is 17.1. The Kier molecular flexibility index (Phi) is 8.27. The lowest BCUT2D eigenvalue weighted by Gasteiger charge is -2.30. The maximum Gasteiger partial charge on any atom is 0.256 e. The molecule has 1 aliphatic rings. The molecule has 1 unspecified atom stereocenters. The molecule has 1 heterocycles. The minimum Gasteiger partial charge on any atom is -0.493 e. The van der Waals surface area contributed by atoms with Crippen LogP contribution in [0.4, 0.5) is 0 Å². The van der Waals surface area contributed by atoms with Crippen molar-refractivity contribution in [3.05, 3.63) is 94.5 Å². The molecule has 1 fully saturated rings. The first-order valence-electron chi connectivity index (χ1n) is 11.7. The number of halogens is 1. The molecular formula is C28H29ClN2O4. The first kappa shape index (κ1) is 24.6. The highest BCUT2D eigenvalue weighted by Crippen LogP contribution is 2.31. The van der Waals surface area contributed by atoms with Crippen LogP contribution in [0.2, 0.25) is 5.02 Å². The summed E-state index contributed by atoms with van der Waals surface area (Å²) in [5, 5.41) is 3.30. The topological polar surface area (TPSA) is 67.9 Å². The van der Waals surface area contributed by atoms with Crippen molar-refractivity contribution in [3.8, 4) is 11.5 Å². The van der Waals surface area contributed by atoms with Crippen molar-refractivity contribution in [3.63, 3.8) is 0 Å². The number of nitrogens with one attached hydrogen (secondary N) is 1. The van der Waals surface area contributed by atoms with E-state index in [4.69, 9.17) is 21.1 Å². The van der Waals surface area contributed by atoms with E-state index in [0.717, 1.165) is 24.0 Å². The number of ether oxygens (including phenoxy) is 2. The lowest BCUT2D eigenvalue weighted by atomic mass is 10.0. The maximum absolute atomic E-state index is 13.7.